The maximum atomic E-state index is 11.8. The van der Waals surface area contributed by atoms with Gasteiger partial charge >= 0.3 is 0 Å². The minimum atomic E-state index is -3.37. The summed E-state index contributed by atoms with van der Waals surface area (Å²) in [5.41, 5.74) is 0. The molecular weight excluding hydrogens is 266 g/mol. The van der Waals surface area contributed by atoms with Crippen LogP contribution >= 0.6 is 0 Å². The Hall–Kier alpha value is -1.63. The van der Waals surface area contributed by atoms with Crippen LogP contribution in [0, 0.1) is 0 Å². The van der Waals surface area contributed by atoms with Gasteiger partial charge in [-0.3, -0.25) is 4.79 Å². The highest BCUT2D eigenvalue weighted by molar-refractivity contribution is 7.90. The lowest BCUT2D eigenvalue weighted by Crippen LogP contribution is -2.39. The van der Waals surface area contributed by atoms with Crippen LogP contribution in [-0.4, -0.2) is 37.6 Å². The second-order valence-corrected chi connectivity index (χ2v) is 6.76. The Labute approximate surface area is 112 Å². The molecule has 1 aliphatic carbocycles. The van der Waals surface area contributed by atoms with Crippen molar-refractivity contribution in [3.63, 3.8) is 0 Å². The van der Waals surface area contributed by atoms with E-state index < -0.39 is 15.9 Å². The minimum Gasteiger partial charge on any atom is -0.358 e. The Morgan fingerprint density at radius 3 is 2.74 bits per heavy atom. The highest BCUT2D eigenvalue weighted by Gasteiger charge is 2.26. The smallest absolute Gasteiger partial charge is 0.242 e. The van der Waals surface area contributed by atoms with E-state index in [4.69, 9.17) is 0 Å². The zero-order valence-corrected chi connectivity index (χ0v) is 11.7. The summed E-state index contributed by atoms with van der Waals surface area (Å²) in [7, 11) is -3.37. The van der Waals surface area contributed by atoms with Crippen LogP contribution < -0.4 is 10.6 Å². The van der Waals surface area contributed by atoms with E-state index in [-0.39, 0.29) is 22.7 Å². The summed E-state index contributed by atoms with van der Waals surface area (Å²) in [5.74, 6) is 0.0658. The molecule has 6 nitrogen and oxygen atoms in total. The number of aromatic nitrogens is 1. The lowest BCUT2D eigenvalue weighted by atomic mass is 10.3. The van der Waals surface area contributed by atoms with Gasteiger partial charge in [0.2, 0.25) is 5.91 Å². The normalized spacial score (nSPS) is 16.7. The predicted octanol–water partition coefficient (Wildman–Crippen LogP) is 0.564. The predicted molar refractivity (Wildman–Crippen MR) is 71.6 cm³/mol. The molecule has 1 unspecified atom stereocenters. The van der Waals surface area contributed by atoms with Gasteiger partial charge in [0.05, 0.1) is 0 Å². The van der Waals surface area contributed by atoms with Gasteiger partial charge in [0, 0.05) is 18.5 Å². The Morgan fingerprint density at radius 1 is 1.47 bits per heavy atom. The number of hydrogen-bond donors (Lipinski definition) is 2. The summed E-state index contributed by atoms with van der Waals surface area (Å²) < 4.78 is 23.2. The molecule has 1 aliphatic rings. The number of nitrogens with zero attached hydrogens (tertiary/aromatic N) is 1. The lowest BCUT2D eigenvalue weighted by molar-refractivity contribution is -0.121. The van der Waals surface area contributed by atoms with E-state index in [1.54, 1.807) is 13.0 Å². The molecule has 104 valence electrons. The molecule has 0 bridgehead atoms. The van der Waals surface area contributed by atoms with Crippen LogP contribution in [0.25, 0.3) is 0 Å². The van der Waals surface area contributed by atoms with Crippen molar-refractivity contribution >= 4 is 21.6 Å². The molecule has 1 aromatic rings. The van der Waals surface area contributed by atoms with Gasteiger partial charge < -0.3 is 10.6 Å². The molecule has 0 saturated heterocycles. The zero-order chi connectivity index (χ0) is 14.0. The third kappa shape index (κ3) is 3.66. The third-order valence-corrected chi connectivity index (χ3v) is 3.97. The van der Waals surface area contributed by atoms with Crippen LogP contribution in [-0.2, 0) is 14.6 Å². The fraction of sp³-hybridized carbons (Fsp3) is 0.500. The van der Waals surface area contributed by atoms with Crippen molar-refractivity contribution in [1.29, 1.82) is 0 Å². The van der Waals surface area contributed by atoms with E-state index in [9.17, 15) is 13.2 Å². The lowest BCUT2D eigenvalue weighted by Gasteiger charge is -2.16. The quantitative estimate of drug-likeness (QED) is 0.824. The first-order valence-corrected chi connectivity index (χ1v) is 7.99. The Morgan fingerprint density at radius 2 is 2.16 bits per heavy atom. The van der Waals surface area contributed by atoms with E-state index in [1.807, 2.05) is 0 Å². The first kappa shape index (κ1) is 13.8. The van der Waals surface area contributed by atoms with Crippen LogP contribution in [0.15, 0.2) is 23.2 Å². The summed E-state index contributed by atoms with van der Waals surface area (Å²) in [4.78, 5) is 15.9. The van der Waals surface area contributed by atoms with Crippen molar-refractivity contribution in [2.24, 2.45) is 0 Å². The summed E-state index contributed by atoms with van der Waals surface area (Å²) in [6.45, 7) is 1.68. The molecule has 1 saturated carbocycles. The fourth-order valence-electron chi connectivity index (χ4n) is 1.62. The maximum absolute atomic E-state index is 11.8. The number of sulfone groups is 1. The van der Waals surface area contributed by atoms with Crippen LogP contribution in [0.2, 0.25) is 0 Å². The first-order valence-electron chi connectivity index (χ1n) is 6.10. The Balaban J connectivity index is 2.12. The summed E-state index contributed by atoms with van der Waals surface area (Å²) >= 11 is 0. The van der Waals surface area contributed by atoms with Gasteiger partial charge in [-0.2, -0.15) is 0 Å². The van der Waals surface area contributed by atoms with Crippen LogP contribution in [0.4, 0.5) is 5.82 Å². The third-order valence-electron chi connectivity index (χ3n) is 2.84. The monoisotopic (exact) mass is 283 g/mol. The molecule has 1 fully saturated rings. The maximum Gasteiger partial charge on any atom is 0.242 e. The minimum absolute atomic E-state index is 0.0982. The molecule has 19 heavy (non-hydrogen) atoms. The number of amides is 1. The number of rotatable bonds is 5. The van der Waals surface area contributed by atoms with Crippen LogP contribution in [0.3, 0.4) is 0 Å². The van der Waals surface area contributed by atoms with Gasteiger partial charge in [-0.05, 0) is 31.9 Å². The SMILES string of the molecule is CC(Nc1ncccc1S(C)(=O)=O)C(=O)NC1CC1. The molecule has 2 rings (SSSR count). The Bertz CT molecular complexity index is 582. The summed E-state index contributed by atoms with van der Waals surface area (Å²) in [6.07, 6.45) is 4.62. The van der Waals surface area contributed by atoms with Crippen LogP contribution in [0.5, 0.6) is 0 Å². The summed E-state index contributed by atoms with van der Waals surface area (Å²) in [5, 5.41) is 5.70. The molecular formula is C12H17N3O3S. The molecule has 0 aromatic carbocycles. The van der Waals surface area contributed by atoms with Gasteiger partial charge in [-0.15, -0.1) is 0 Å². The fourth-order valence-corrected chi connectivity index (χ4v) is 2.41. The number of nitrogens with one attached hydrogen (secondary N) is 2. The standard InChI is InChI=1S/C12H17N3O3S/c1-8(12(16)15-9-5-6-9)14-11-10(19(2,17)18)4-3-7-13-11/h3-4,7-9H,5-6H2,1-2H3,(H,13,14)(H,15,16). The van der Waals surface area contributed by atoms with Gasteiger partial charge in [0.1, 0.15) is 16.8 Å². The van der Waals surface area contributed by atoms with E-state index in [1.165, 1.54) is 12.3 Å². The van der Waals surface area contributed by atoms with Crippen LogP contribution in [0.1, 0.15) is 19.8 Å². The average Bonchev–Trinajstić information content (AvgIpc) is 3.12. The molecule has 1 aromatic heterocycles. The zero-order valence-electron chi connectivity index (χ0n) is 10.9. The van der Waals surface area contributed by atoms with Gasteiger partial charge in [0.15, 0.2) is 9.84 Å². The second kappa shape index (κ2) is 5.16. The topological polar surface area (TPSA) is 88.2 Å². The number of pyridine rings is 1. The van der Waals surface area contributed by atoms with Crippen molar-refractivity contribution < 1.29 is 13.2 Å². The second-order valence-electron chi connectivity index (χ2n) is 4.77. The van der Waals surface area contributed by atoms with E-state index in [0.29, 0.717) is 0 Å². The first-order chi connectivity index (χ1) is 8.88. The van der Waals surface area contributed by atoms with E-state index >= 15 is 0 Å². The van der Waals surface area contributed by atoms with Crippen molar-refractivity contribution in [3.05, 3.63) is 18.3 Å². The molecule has 1 heterocycles. The van der Waals surface area contributed by atoms with Crippen molar-refractivity contribution in [2.45, 2.75) is 36.7 Å². The molecule has 2 N–H and O–H groups in total. The molecule has 0 spiro atoms. The van der Waals surface area contributed by atoms with E-state index in [2.05, 4.69) is 15.6 Å². The van der Waals surface area contributed by atoms with Crippen molar-refractivity contribution in [3.8, 4) is 0 Å². The molecule has 1 amide bonds. The average molecular weight is 283 g/mol. The Kier molecular flexibility index (Phi) is 3.75. The number of anilines is 1. The highest BCUT2D eigenvalue weighted by atomic mass is 32.2. The van der Waals surface area contributed by atoms with Crippen molar-refractivity contribution in [2.75, 3.05) is 11.6 Å². The molecule has 0 radical (unpaired) electrons. The highest BCUT2D eigenvalue weighted by Crippen LogP contribution is 2.20. The van der Waals surface area contributed by atoms with Crippen molar-refractivity contribution in [1.82, 2.24) is 10.3 Å². The van der Waals surface area contributed by atoms with Gasteiger partial charge in [0.25, 0.3) is 0 Å². The molecule has 0 aliphatic heterocycles. The number of hydrogen-bond acceptors (Lipinski definition) is 5. The number of carbonyl (C=O) groups excluding carboxylic acids is 1. The largest absolute Gasteiger partial charge is 0.358 e. The molecule has 7 heteroatoms. The van der Waals surface area contributed by atoms with E-state index in [0.717, 1.165) is 19.1 Å². The molecule has 1 atom stereocenters. The van der Waals surface area contributed by atoms with Gasteiger partial charge in [-0.1, -0.05) is 0 Å². The number of carbonyl (C=O) groups is 1. The summed E-state index contributed by atoms with van der Waals surface area (Å²) in [6, 6.07) is 2.76. The van der Waals surface area contributed by atoms with Gasteiger partial charge in [-0.25, -0.2) is 13.4 Å².